The number of hydrogen-bond donors (Lipinski definition) is 1. The van der Waals surface area contributed by atoms with Crippen LogP contribution in [0, 0.1) is 5.82 Å². The molecule has 0 aliphatic rings. The lowest BCUT2D eigenvalue weighted by Crippen LogP contribution is -2.10. The molecule has 0 saturated carbocycles. The van der Waals surface area contributed by atoms with Crippen LogP contribution in [-0.2, 0) is 6.18 Å². The number of aromatic nitrogens is 1. The number of aliphatic hydroxyl groups excluding tert-OH is 1. The fourth-order valence-electron chi connectivity index (χ4n) is 1.70. The lowest BCUT2D eigenvalue weighted by molar-refractivity contribution is -0.141. The molecule has 2 nitrogen and oxygen atoms in total. The smallest absolute Gasteiger partial charge is 0.383 e. The molecule has 0 amide bonds. The summed E-state index contributed by atoms with van der Waals surface area (Å²) < 4.78 is 51.1. The molecule has 1 unspecified atom stereocenters. The molecular formula is C13H7Cl2F4NO. The van der Waals surface area contributed by atoms with Crippen LogP contribution in [0.5, 0.6) is 0 Å². The van der Waals surface area contributed by atoms with Crippen molar-refractivity contribution in [1.29, 1.82) is 0 Å². The molecule has 8 heteroatoms. The van der Waals surface area contributed by atoms with Crippen LogP contribution in [0.3, 0.4) is 0 Å². The molecule has 0 fully saturated rings. The third kappa shape index (κ3) is 3.45. The number of rotatable bonds is 2. The van der Waals surface area contributed by atoms with E-state index in [9.17, 15) is 22.7 Å². The maximum Gasteiger partial charge on any atom is 0.433 e. The third-order valence-electron chi connectivity index (χ3n) is 2.72. The number of halogens is 6. The van der Waals surface area contributed by atoms with Crippen molar-refractivity contribution >= 4 is 23.2 Å². The second kappa shape index (κ2) is 5.79. The predicted molar refractivity (Wildman–Crippen MR) is 69.7 cm³/mol. The topological polar surface area (TPSA) is 33.1 Å². The number of hydrogen-bond acceptors (Lipinski definition) is 2. The number of alkyl halides is 3. The van der Waals surface area contributed by atoms with Crippen molar-refractivity contribution in [1.82, 2.24) is 4.98 Å². The van der Waals surface area contributed by atoms with Crippen molar-refractivity contribution in [3.05, 3.63) is 63.1 Å². The zero-order chi connectivity index (χ0) is 15.8. The Balaban J connectivity index is 2.44. The first-order chi connectivity index (χ1) is 9.70. The van der Waals surface area contributed by atoms with E-state index in [2.05, 4.69) is 4.98 Å². The Morgan fingerprint density at radius 3 is 2.29 bits per heavy atom. The van der Waals surface area contributed by atoms with Crippen LogP contribution in [0.15, 0.2) is 30.3 Å². The lowest BCUT2D eigenvalue weighted by Gasteiger charge is -2.15. The maximum atomic E-state index is 13.6. The van der Waals surface area contributed by atoms with E-state index in [0.29, 0.717) is 6.07 Å². The Morgan fingerprint density at radius 1 is 1.05 bits per heavy atom. The van der Waals surface area contributed by atoms with Crippen molar-refractivity contribution in [2.24, 2.45) is 0 Å². The van der Waals surface area contributed by atoms with Crippen LogP contribution in [0.4, 0.5) is 17.6 Å². The highest BCUT2D eigenvalue weighted by atomic mass is 35.5. The average Bonchev–Trinajstić information content (AvgIpc) is 2.39. The van der Waals surface area contributed by atoms with Gasteiger partial charge in [-0.2, -0.15) is 13.2 Å². The van der Waals surface area contributed by atoms with Crippen molar-refractivity contribution in [2.45, 2.75) is 12.3 Å². The molecule has 1 atom stereocenters. The Morgan fingerprint density at radius 2 is 1.71 bits per heavy atom. The largest absolute Gasteiger partial charge is 0.433 e. The Kier molecular flexibility index (Phi) is 4.41. The number of benzene rings is 1. The van der Waals surface area contributed by atoms with Gasteiger partial charge < -0.3 is 5.11 Å². The van der Waals surface area contributed by atoms with E-state index in [4.69, 9.17) is 23.2 Å². The van der Waals surface area contributed by atoms with E-state index in [0.717, 1.165) is 18.2 Å². The quantitative estimate of drug-likeness (QED) is 0.639. The number of nitrogens with zero attached hydrogens (tertiary/aromatic N) is 1. The molecule has 0 aliphatic carbocycles. The van der Waals surface area contributed by atoms with Gasteiger partial charge in [-0.15, -0.1) is 0 Å². The molecule has 2 rings (SSSR count). The molecule has 1 N–H and O–H groups in total. The predicted octanol–water partition coefficient (Wildman–Crippen LogP) is 4.63. The van der Waals surface area contributed by atoms with Gasteiger partial charge in [-0.3, -0.25) is 0 Å². The molecule has 2 aromatic rings. The summed E-state index contributed by atoms with van der Waals surface area (Å²) in [6.45, 7) is 0. The maximum absolute atomic E-state index is 13.6. The van der Waals surface area contributed by atoms with E-state index in [1.807, 2.05) is 0 Å². The van der Waals surface area contributed by atoms with Gasteiger partial charge in [0.1, 0.15) is 22.8 Å². The summed E-state index contributed by atoms with van der Waals surface area (Å²) in [6.07, 6.45) is -6.24. The fourth-order valence-corrected chi connectivity index (χ4v) is 2.14. The van der Waals surface area contributed by atoms with Crippen LogP contribution in [0.1, 0.15) is 22.9 Å². The summed E-state index contributed by atoms with van der Waals surface area (Å²) in [7, 11) is 0. The van der Waals surface area contributed by atoms with Gasteiger partial charge in [0.15, 0.2) is 0 Å². The first-order valence-electron chi connectivity index (χ1n) is 5.57. The summed E-state index contributed by atoms with van der Waals surface area (Å²) in [4.78, 5) is 3.17. The van der Waals surface area contributed by atoms with Gasteiger partial charge in [-0.1, -0.05) is 29.3 Å². The van der Waals surface area contributed by atoms with E-state index >= 15 is 0 Å². The molecule has 1 heterocycles. The van der Waals surface area contributed by atoms with Gasteiger partial charge >= 0.3 is 6.18 Å². The first-order valence-corrected chi connectivity index (χ1v) is 6.32. The standard InChI is InChI=1S/C13H7Cl2F4NO/c14-6-1-3-9(16)8(5-6)11(21)7-2-4-10(13(17,18)19)20-12(7)15/h1-5,11,21H. The minimum Gasteiger partial charge on any atom is -0.383 e. The Hall–Kier alpha value is -1.37. The van der Waals surface area contributed by atoms with Gasteiger partial charge in [0.05, 0.1) is 0 Å². The van der Waals surface area contributed by atoms with Crippen molar-refractivity contribution in [3.8, 4) is 0 Å². The monoisotopic (exact) mass is 339 g/mol. The van der Waals surface area contributed by atoms with Crippen LogP contribution in [0.25, 0.3) is 0 Å². The zero-order valence-electron chi connectivity index (χ0n) is 10.1. The Bertz CT molecular complexity index is 676. The van der Waals surface area contributed by atoms with Crippen LogP contribution in [-0.4, -0.2) is 10.1 Å². The summed E-state index contributed by atoms with van der Waals surface area (Å²) in [5.74, 6) is -0.761. The summed E-state index contributed by atoms with van der Waals surface area (Å²) >= 11 is 11.3. The van der Waals surface area contributed by atoms with E-state index in [-0.39, 0.29) is 16.1 Å². The summed E-state index contributed by atoms with van der Waals surface area (Å²) in [6, 6.07) is 5.08. The molecule has 112 valence electrons. The summed E-state index contributed by atoms with van der Waals surface area (Å²) in [5.41, 5.74) is -1.55. The molecule has 0 radical (unpaired) electrons. The van der Waals surface area contributed by atoms with Crippen molar-refractivity contribution in [2.75, 3.05) is 0 Å². The molecule has 0 spiro atoms. The van der Waals surface area contributed by atoms with Crippen LogP contribution in [0.2, 0.25) is 10.2 Å². The highest BCUT2D eigenvalue weighted by Gasteiger charge is 2.33. The highest BCUT2D eigenvalue weighted by Crippen LogP contribution is 2.34. The zero-order valence-corrected chi connectivity index (χ0v) is 11.6. The molecule has 0 aliphatic heterocycles. The van der Waals surface area contributed by atoms with Gasteiger partial charge in [0, 0.05) is 16.1 Å². The number of pyridine rings is 1. The second-order valence-electron chi connectivity index (χ2n) is 4.14. The van der Waals surface area contributed by atoms with Crippen LogP contribution >= 0.6 is 23.2 Å². The molecule has 1 aromatic heterocycles. The van der Waals surface area contributed by atoms with Gasteiger partial charge in [-0.05, 0) is 24.3 Å². The van der Waals surface area contributed by atoms with E-state index in [1.54, 1.807) is 0 Å². The minimum absolute atomic E-state index is 0.147. The average molecular weight is 340 g/mol. The van der Waals surface area contributed by atoms with E-state index < -0.39 is 28.9 Å². The van der Waals surface area contributed by atoms with Gasteiger partial charge in [0.2, 0.25) is 0 Å². The van der Waals surface area contributed by atoms with Gasteiger partial charge in [-0.25, -0.2) is 9.37 Å². The molecular weight excluding hydrogens is 333 g/mol. The number of aliphatic hydroxyl groups is 1. The van der Waals surface area contributed by atoms with Gasteiger partial charge in [0.25, 0.3) is 0 Å². The lowest BCUT2D eigenvalue weighted by atomic mass is 10.0. The Labute approximate surface area is 127 Å². The van der Waals surface area contributed by atoms with E-state index in [1.165, 1.54) is 6.07 Å². The molecule has 0 bridgehead atoms. The fraction of sp³-hybridized carbons (Fsp3) is 0.154. The molecule has 0 saturated heterocycles. The summed E-state index contributed by atoms with van der Waals surface area (Å²) in [5, 5.41) is 9.68. The highest BCUT2D eigenvalue weighted by molar-refractivity contribution is 6.31. The minimum atomic E-state index is -4.66. The SMILES string of the molecule is OC(c1cc(Cl)ccc1F)c1ccc(C(F)(F)F)nc1Cl. The third-order valence-corrected chi connectivity index (χ3v) is 3.25. The first kappa shape index (κ1) is 16.0. The van der Waals surface area contributed by atoms with Crippen molar-refractivity contribution < 1.29 is 22.7 Å². The normalized spacial score (nSPS) is 13.3. The molecule has 21 heavy (non-hydrogen) atoms. The van der Waals surface area contributed by atoms with Crippen molar-refractivity contribution in [3.63, 3.8) is 0 Å². The second-order valence-corrected chi connectivity index (χ2v) is 4.94. The van der Waals surface area contributed by atoms with Crippen LogP contribution < -0.4 is 0 Å². The molecule has 1 aromatic carbocycles.